The van der Waals surface area contributed by atoms with E-state index in [1.165, 1.54) is 118 Å². The van der Waals surface area contributed by atoms with E-state index in [1.54, 1.807) is 15.9 Å². The largest absolute Gasteiger partial charge is 0.0675 e. The molecule has 0 bridgehead atoms. The molecule has 59 heavy (non-hydrogen) atoms. The van der Waals surface area contributed by atoms with Crippen molar-refractivity contribution in [1.82, 2.24) is 0 Å². The summed E-state index contributed by atoms with van der Waals surface area (Å²) in [6.45, 7) is 0. The van der Waals surface area contributed by atoms with Crippen LogP contribution in [0.15, 0.2) is 188 Å². The van der Waals surface area contributed by atoms with Crippen molar-refractivity contribution in [3.8, 4) is 11.1 Å². The van der Waals surface area contributed by atoms with Crippen LogP contribution in [0.4, 0.5) is 0 Å². The molecule has 8 aromatic carbocycles. The third-order valence-corrected chi connectivity index (χ3v) is 21.9. The van der Waals surface area contributed by atoms with E-state index in [0.29, 0.717) is 0 Å². The highest BCUT2D eigenvalue weighted by atomic mass is 31.1. The molecule has 0 spiro atoms. The number of benzene rings is 8. The maximum absolute atomic E-state index is 2.51. The molecule has 0 aromatic heterocycles. The second kappa shape index (κ2) is 18.0. The lowest BCUT2D eigenvalue weighted by Crippen LogP contribution is -2.45. The highest BCUT2D eigenvalue weighted by Gasteiger charge is 2.41. The molecule has 0 unspecified atom stereocenters. The summed E-state index contributed by atoms with van der Waals surface area (Å²) in [4.78, 5) is 0. The molecule has 3 heteroatoms. The standard InChI is InChI=1S/C56H53P3/c1-7-26-43(27-8-1)57(44-28-9-2-10-29-44)54-52-40-22-21-39-51(52)53(50-41-23-25-42-24-19-20-38-49(42)50)55(58(45-30-11-3-12-31-45)46-32-13-4-14-33-46)56(54)59(47-34-15-5-16-35-47)48-36-17-6-18-37-48/h1-2,5-10,15-29,34-41,45-46H,3-4,11-14,30-33H2. The average molecular weight is 819 g/mol. The molecule has 2 saturated carbocycles. The van der Waals surface area contributed by atoms with E-state index in [1.807, 2.05) is 0 Å². The van der Waals surface area contributed by atoms with Gasteiger partial charge < -0.3 is 0 Å². The fraction of sp³-hybridized carbons (Fsp3) is 0.214. The smallest absolute Gasteiger partial charge is 0.00223 e. The number of hydrogen-bond acceptors (Lipinski definition) is 0. The predicted molar refractivity (Wildman–Crippen MR) is 265 cm³/mol. The summed E-state index contributed by atoms with van der Waals surface area (Å²) in [5.41, 5.74) is 4.41. The summed E-state index contributed by atoms with van der Waals surface area (Å²) in [6.07, 6.45) is 13.7. The molecule has 2 fully saturated rings. The minimum absolute atomic E-state index is 0.551. The normalized spacial score (nSPS) is 15.4. The zero-order valence-electron chi connectivity index (χ0n) is 34.0. The molecule has 0 radical (unpaired) electrons. The van der Waals surface area contributed by atoms with Gasteiger partial charge in [0.1, 0.15) is 0 Å². The van der Waals surface area contributed by atoms with E-state index < -0.39 is 23.8 Å². The first-order chi connectivity index (χ1) is 29.3. The first-order valence-corrected chi connectivity index (χ1v) is 26.2. The van der Waals surface area contributed by atoms with Gasteiger partial charge in [-0.1, -0.05) is 235 Å². The molecule has 0 amide bonds. The van der Waals surface area contributed by atoms with Crippen molar-refractivity contribution in [3.63, 3.8) is 0 Å². The number of rotatable bonds is 10. The van der Waals surface area contributed by atoms with Gasteiger partial charge >= 0.3 is 0 Å². The average Bonchev–Trinajstić information content (AvgIpc) is 3.32. The maximum atomic E-state index is 2.51. The zero-order chi connectivity index (χ0) is 39.4. The van der Waals surface area contributed by atoms with Gasteiger partial charge in [0.25, 0.3) is 0 Å². The lowest BCUT2D eigenvalue weighted by molar-refractivity contribution is 0.487. The summed E-state index contributed by atoms with van der Waals surface area (Å²) >= 11 is 0. The van der Waals surface area contributed by atoms with Gasteiger partial charge in [-0.3, -0.25) is 0 Å². The van der Waals surface area contributed by atoms with E-state index in [2.05, 4.69) is 188 Å². The van der Waals surface area contributed by atoms with Crippen LogP contribution in [0.3, 0.4) is 0 Å². The quantitative estimate of drug-likeness (QED) is 0.121. The van der Waals surface area contributed by atoms with Gasteiger partial charge in [0.05, 0.1) is 0 Å². The molecular weight excluding hydrogens is 766 g/mol. The Balaban J connectivity index is 1.46. The first kappa shape index (κ1) is 38.8. The Bertz CT molecular complexity index is 2530. The summed E-state index contributed by atoms with van der Waals surface area (Å²) in [7, 11) is -2.46. The highest BCUT2D eigenvalue weighted by Crippen LogP contribution is 2.59. The van der Waals surface area contributed by atoms with Crippen molar-refractivity contribution in [2.75, 3.05) is 0 Å². The molecule has 0 heterocycles. The molecule has 0 aliphatic heterocycles. The van der Waals surface area contributed by atoms with Crippen molar-refractivity contribution in [3.05, 3.63) is 188 Å². The number of fused-ring (bicyclic) bond motifs is 2. The van der Waals surface area contributed by atoms with Gasteiger partial charge in [0.2, 0.25) is 0 Å². The Morgan fingerprint density at radius 1 is 0.305 bits per heavy atom. The molecule has 0 N–H and O–H groups in total. The topological polar surface area (TPSA) is 0 Å². The molecule has 8 aromatic rings. The minimum atomic E-state index is -0.966. The second-order valence-corrected chi connectivity index (χ2v) is 23.5. The third-order valence-electron chi connectivity index (χ3n) is 12.9. The Kier molecular flexibility index (Phi) is 11.9. The molecule has 10 rings (SSSR count). The van der Waals surface area contributed by atoms with Crippen LogP contribution in [0.5, 0.6) is 0 Å². The van der Waals surface area contributed by atoms with E-state index >= 15 is 0 Å². The monoisotopic (exact) mass is 818 g/mol. The third kappa shape index (κ3) is 7.75. The summed E-state index contributed by atoms with van der Waals surface area (Å²) in [6, 6.07) is 72.6. The SMILES string of the molecule is c1ccc(P(c2ccccc2)c2c(P(C3CCCCC3)C3CCCCC3)c(-c3cccc4ccccc34)c3ccccc3c2P(c2ccccc2)c2ccccc2)cc1. The van der Waals surface area contributed by atoms with Crippen LogP contribution < -0.4 is 37.1 Å². The fourth-order valence-electron chi connectivity index (χ4n) is 10.3. The minimum Gasteiger partial charge on any atom is -0.0675 e. The van der Waals surface area contributed by atoms with Crippen LogP contribution in [-0.2, 0) is 0 Å². The second-order valence-electron chi connectivity index (χ2n) is 16.5. The van der Waals surface area contributed by atoms with Crippen LogP contribution in [0, 0.1) is 0 Å². The molecule has 2 aliphatic carbocycles. The molecule has 0 nitrogen and oxygen atoms in total. The summed E-state index contributed by atoms with van der Waals surface area (Å²) in [5.74, 6) is 0. The van der Waals surface area contributed by atoms with E-state index in [9.17, 15) is 0 Å². The van der Waals surface area contributed by atoms with E-state index in [0.717, 1.165) is 11.3 Å². The maximum Gasteiger partial charge on any atom is 0.00223 e. The van der Waals surface area contributed by atoms with E-state index in [-0.39, 0.29) is 0 Å². The Hall–Kier alpha value is -4.43. The van der Waals surface area contributed by atoms with Gasteiger partial charge in [0.15, 0.2) is 0 Å². The van der Waals surface area contributed by atoms with Crippen LogP contribution in [0.1, 0.15) is 64.2 Å². The molecule has 292 valence electrons. The van der Waals surface area contributed by atoms with Crippen LogP contribution in [0.25, 0.3) is 32.7 Å². The zero-order valence-corrected chi connectivity index (χ0v) is 36.6. The first-order valence-electron chi connectivity index (χ1n) is 22.0. The Morgan fingerprint density at radius 2 is 0.695 bits per heavy atom. The molecule has 0 saturated heterocycles. The van der Waals surface area contributed by atoms with Gasteiger partial charge in [-0.2, -0.15) is 0 Å². The Labute approximate surface area is 355 Å². The van der Waals surface area contributed by atoms with Crippen LogP contribution in [0.2, 0.25) is 0 Å². The lowest BCUT2D eigenvalue weighted by atomic mass is 9.93. The van der Waals surface area contributed by atoms with Crippen molar-refractivity contribution < 1.29 is 0 Å². The van der Waals surface area contributed by atoms with Crippen molar-refractivity contribution in [2.24, 2.45) is 0 Å². The van der Waals surface area contributed by atoms with Gasteiger partial charge in [-0.05, 0) is 112 Å². The molecule has 0 atom stereocenters. The molecule has 2 aliphatic rings. The van der Waals surface area contributed by atoms with Crippen LogP contribution in [-0.4, -0.2) is 11.3 Å². The van der Waals surface area contributed by atoms with Crippen molar-refractivity contribution >= 4 is 82.4 Å². The summed E-state index contributed by atoms with van der Waals surface area (Å²) in [5, 5.41) is 16.3. The predicted octanol–water partition coefficient (Wildman–Crippen LogP) is 12.9. The van der Waals surface area contributed by atoms with Crippen molar-refractivity contribution in [1.29, 1.82) is 0 Å². The fourth-order valence-corrected chi connectivity index (χ4v) is 20.6. The summed E-state index contributed by atoms with van der Waals surface area (Å²) < 4.78 is 0. The van der Waals surface area contributed by atoms with Gasteiger partial charge in [-0.15, -0.1) is 0 Å². The highest BCUT2D eigenvalue weighted by molar-refractivity contribution is 7.87. The Morgan fingerprint density at radius 3 is 1.19 bits per heavy atom. The lowest BCUT2D eigenvalue weighted by Gasteiger charge is -2.43. The van der Waals surface area contributed by atoms with E-state index in [4.69, 9.17) is 0 Å². The molecular formula is C56H53P3. The van der Waals surface area contributed by atoms with Crippen molar-refractivity contribution in [2.45, 2.75) is 75.5 Å². The van der Waals surface area contributed by atoms with Crippen LogP contribution >= 0.6 is 23.8 Å². The van der Waals surface area contributed by atoms with Gasteiger partial charge in [-0.25, -0.2) is 0 Å². The van der Waals surface area contributed by atoms with Gasteiger partial charge in [0, 0.05) is 10.6 Å². The number of hydrogen-bond donors (Lipinski definition) is 0.